The fraction of sp³-hybridized carbons (Fsp3) is 0.231. The molecule has 2 aromatic heterocycles. The van der Waals surface area contributed by atoms with Crippen LogP contribution in [-0.2, 0) is 21.7 Å². The van der Waals surface area contributed by atoms with E-state index in [9.17, 15) is 18.0 Å². The second-order valence-electron chi connectivity index (χ2n) is 8.80. The number of hydrogen-bond acceptors (Lipinski definition) is 7. The van der Waals surface area contributed by atoms with Gasteiger partial charge in [0, 0.05) is 35.3 Å². The van der Waals surface area contributed by atoms with E-state index in [4.69, 9.17) is 0 Å². The fourth-order valence-electron chi connectivity index (χ4n) is 3.60. The van der Waals surface area contributed by atoms with Gasteiger partial charge < -0.3 is 10.6 Å². The van der Waals surface area contributed by atoms with Gasteiger partial charge >= 0.3 is 0 Å². The first-order valence-corrected chi connectivity index (χ1v) is 14.0. The van der Waals surface area contributed by atoms with E-state index in [0.29, 0.717) is 16.4 Å². The van der Waals surface area contributed by atoms with Gasteiger partial charge in [-0.15, -0.1) is 11.3 Å². The summed E-state index contributed by atoms with van der Waals surface area (Å²) in [6.07, 6.45) is 1.88. The van der Waals surface area contributed by atoms with Gasteiger partial charge in [0.05, 0.1) is 28.1 Å². The molecule has 0 unspecified atom stereocenters. The van der Waals surface area contributed by atoms with Crippen molar-refractivity contribution in [2.75, 3.05) is 11.9 Å². The lowest BCUT2D eigenvalue weighted by atomic mass is 10.1. The number of nitrogens with one attached hydrogen (secondary N) is 2. The molecule has 0 radical (unpaired) electrons. The minimum absolute atomic E-state index is 0.113. The Morgan fingerprint density at radius 2 is 1.78 bits per heavy atom. The van der Waals surface area contributed by atoms with Gasteiger partial charge in [0.25, 0.3) is 5.91 Å². The highest BCUT2D eigenvalue weighted by Gasteiger charge is 2.23. The van der Waals surface area contributed by atoms with Gasteiger partial charge in [0.1, 0.15) is 0 Å². The summed E-state index contributed by atoms with van der Waals surface area (Å²) in [7, 11) is -1.68. The zero-order chi connectivity index (χ0) is 26.7. The van der Waals surface area contributed by atoms with Gasteiger partial charge in [-0.25, -0.2) is 13.4 Å². The van der Waals surface area contributed by atoms with Crippen molar-refractivity contribution in [2.24, 2.45) is 7.05 Å². The Balaban J connectivity index is 1.39. The van der Waals surface area contributed by atoms with Crippen LogP contribution in [0.25, 0.3) is 22.5 Å². The molecule has 192 valence electrons. The molecule has 0 aliphatic heterocycles. The number of carbonyl (C=O) groups is 2. The van der Waals surface area contributed by atoms with Crippen molar-refractivity contribution >= 4 is 38.1 Å². The third kappa shape index (κ3) is 5.95. The van der Waals surface area contributed by atoms with Crippen LogP contribution in [0.5, 0.6) is 0 Å². The van der Waals surface area contributed by atoms with Crippen molar-refractivity contribution in [3.63, 3.8) is 0 Å². The topological polar surface area (TPSA) is 123 Å². The zero-order valence-electron chi connectivity index (χ0n) is 20.8. The van der Waals surface area contributed by atoms with Crippen LogP contribution in [0.3, 0.4) is 0 Å². The van der Waals surface area contributed by atoms with Crippen LogP contribution in [0.2, 0.25) is 0 Å². The van der Waals surface area contributed by atoms with E-state index >= 15 is 0 Å². The summed E-state index contributed by atoms with van der Waals surface area (Å²) in [5.74, 6) is -0.986. The third-order valence-corrected chi connectivity index (χ3v) is 8.76. The van der Waals surface area contributed by atoms with Gasteiger partial charge in [-0.05, 0) is 50.6 Å². The average molecular weight is 538 g/mol. The highest BCUT2D eigenvalue weighted by Crippen LogP contribution is 2.28. The number of aromatic nitrogens is 3. The Kier molecular flexibility index (Phi) is 7.55. The average Bonchev–Trinajstić information content (AvgIpc) is 3.52. The van der Waals surface area contributed by atoms with Crippen molar-refractivity contribution in [1.82, 2.24) is 20.1 Å². The molecule has 0 aliphatic carbocycles. The largest absolute Gasteiger partial charge is 0.343 e. The number of aryl methyl sites for hydroxylation is 2. The van der Waals surface area contributed by atoms with Crippen LogP contribution >= 0.6 is 11.3 Å². The van der Waals surface area contributed by atoms with Crippen LogP contribution in [0.4, 0.5) is 5.13 Å². The van der Waals surface area contributed by atoms with E-state index < -0.39 is 26.9 Å². The summed E-state index contributed by atoms with van der Waals surface area (Å²) in [5, 5.41) is 11.3. The summed E-state index contributed by atoms with van der Waals surface area (Å²) in [6, 6.07) is 14.2. The Labute approximate surface area is 219 Å². The molecule has 37 heavy (non-hydrogen) atoms. The van der Waals surface area contributed by atoms with Crippen LogP contribution in [0, 0.1) is 6.92 Å². The molecule has 0 atom stereocenters. The standard InChI is InChI=1S/C26H27N5O4S2/c1-16(2)37(34,35)23-13-20(9-8-17(23)3)25(33)27-14-24(32)29-26-28-22(15-36-26)19-7-5-6-18(12-19)21-10-11-31(4)30-21/h5-13,15-16H,14H2,1-4H3,(H,27,33)(H,28,29,32). The van der Waals surface area contributed by atoms with Crippen molar-refractivity contribution in [1.29, 1.82) is 0 Å². The lowest BCUT2D eigenvalue weighted by molar-refractivity contribution is -0.115. The molecule has 4 aromatic rings. The van der Waals surface area contributed by atoms with E-state index in [1.807, 2.05) is 49.0 Å². The molecule has 11 heteroatoms. The molecule has 0 saturated carbocycles. The first-order chi connectivity index (χ1) is 17.5. The second-order valence-corrected chi connectivity index (χ2v) is 12.1. The molecule has 2 aromatic carbocycles. The van der Waals surface area contributed by atoms with Crippen LogP contribution in [0.15, 0.2) is 65.0 Å². The normalized spacial score (nSPS) is 11.5. The van der Waals surface area contributed by atoms with E-state index in [2.05, 4.69) is 20.7 Å². The molecule has 2 heterocycles. The predicted octanol–water partition coefficient (Wildman–Crippen LogP) is 4.07. The van der Waals surface area contributed by atoms with Crippen molar-refractivity contribution in [2.45, 2.75) is 30.9 Å². The number of anilines is 1. The van der Waals surface area contributed by atoms with E-state index in [-0.39, 0.29) is 17.0 Å². The number of nitrogens with zero attached hydrogens (tertiary/aromatic N) is 3. The minimum atomic E-state index is -3.54. The molecule has 0 saturated heterocycles. The van der Waals surface area contributed by atoms with E-state index in [0.717, 1.165) is 16.8 Å². The van der Waals surface area contributed by atoms with Crippen LogP contribution < -0.4 is 10.6 Å². The molecule has 0 spiro atoms. The number of carbonyl (C=O) groups excluding carboxylic acids is 2. The predicted molar refractivity (Wildman–Crippen MR) is 144 cm³/mol. The maximum absolute atomic E-state index is 12.6. The highest BCUT2D eigenvalue weighted by atomic mass is 32.2. The third-order valence-electron chi connectivity index (χ3n) is 5.71. The first kappa shape index (κ1) is 26.2. The summed E-state index contributed by atoms with van der Waals surface area (Å²) in [5.41, 5.74) is 4.14. The molecule has 0 fully saturated rings. The Morgan fingerprint density at radius 1 is 1.05 bits per heavy atom. The Bertz CT molecular complexity index is 1570. The van der Waals surface area contributed by atoms with Crippen LogP contribution in [0.1, 0.15) is 29.8 Å². The van der Waals surface area contributed by atoms with E-state index in [1.165, 1.54) is 23.5 Å². The molecular weight excluding hydrogens is 510 g/mol. The van der Waals surface area contributed by atoms with Crippen molar-refractivity contribution in [3.8, 4) is 22.5 Å². The first-order valence-electron chi connectivity index (χ1n) is 11.5. The maximum atomic E-state index is 12.6. The number of benzene rings is 2. The van der Waals surface area contributed by atoms with E-state index in [1.54, 1.807) is 31.5 Å². The molecule has 2 N–H and O–H groups in total. The molecule has 4 rings (SSSR count). The number of rotatable bonds is 8. The van der Waals surface area contributed by atoms with Gasteiger partial charge in [0.2, 0.25) is 5.91 Å². The molecule has 0 aliphatic rings. The zero-order valence-corrected chi connectivity index (χ0v) is 22.5. The second kappa shape index (κ2) is 10.7. The Morgan fingerprint density at radius 3 is 2.46 bits per heavy atom. The summed E-state index contributed by atoms with van der Waals surface area (Å²) in [6.45, 7) is 4.57. The summed E-state index contributed by atoms with van der Waals surface area (Å²) in [4.78, 5) is 29.6. The SMILES string of the molecule is Cc1ccc(C(=O)NCC(=O)Nc2nc(-c3cccc(-c4ccn(C)n4)c3)cs2)cc1S(=O)(=O)C(C)C. The molecular formula is C26H27N5O4S2. The summed E-state index contributed by atoms with van der Waals surface area (Å²) >= 11 is 1.28. The quantitative estimate of drug-likeness (QED) is 0.349. The lowest BCUT2D eigenvalue weighted by Crippen LogP contribution is -2.33. The number of thiazole rings is 1. The van der Waals surface area contributed by atoms with Crippen molar-refractivity contribution < 1.29 is 18.0 Å². The van der Waals surface area contributed by atoms with Gasteiger partial charge in [-0.3, -0.25) is 14.3 Å². The van der Waals surface area contributed by atoms with Gasteiger partial charge in [0.15, 0.2) is 15.0 Å². The van der Waals surface area contributed by atoms with Gasteiger partial charge in [-0.2, -0.15) is 5.10 Å². The fourth-order valence-corrected chi connectivity index (χ4v) is 5.65. The molecule has 2 amide bonds. The minimum Gasteiger partial charge on any atom is -0.343 e. The van der Waals surface area contributed by atoms with Crippen molar-refractivity contribution in [3.05, 3.63) is 71.2 Å². The van der Waals surface area contributed by atoms with Crippen LogP contribution in [-0.4, -0.2) is 46.8 Å². The smallest absolute Gasteiger partial charge is 0.251 e. The number of amides is 2. The lowest BCUT2D eigenvalue weighted by Gasteiger charge is -2.12. The number of hydrogen-bond donors (Lipinski definition) is 2. The van der Waals surface area contributed by atoms with Gasteiger partial charge in [-0.1, -0.05) is 24.3 Å². The Hall–Kier alpha value is -3.83. The molecule has 9 nitrogen and oxygen atoms in total. The number of sulfone groups is 1. The highest BCUT2D eigenvalue weighted by molar-refractivity contribution is 7.92. The monoisotopic (exact) mass is 537 g/mol. The summed E-state index contributed by atoms with van der Waals surface area (Å²) < 4.78 is 26.9. The maximum Gasteiger partial charge on any atom is 0.251 e. The molecule has 0 bridgehead atoms.